The molecule has 43 heavy (non-hydrogen) atoms. The summed E-state index contributed by atoms with van der Waals surface area (Å²) in [5.41, 5.74) is 2.89. The van der Waals surface area contributed by atoms with E-state index in [4.69, 9.17) is 9.47 Å². The molecule has 3 heterocycles. The van der Waals surface area contributed by atoms with Crippen molar-refractivity contribution in [1.29, 1.82) is 0 Å². The van der Waals surface area contributed by atoms with E-state index in [0.29, 0.717) is 24.6 Å². The number of hydrogen-bond donors (Lipinski definition) is 1. The van der Waals surface area contributed by atoms with Crippen LogP contribution in [0.3, 0.4) is 0 Å². The first-order chi connectivity index (χ1) is 20.6. The highest BCUT2D eigenvalue weighted by atomic mass is 16.7. The van der Waals surface area contributed by atoms with Gasteiger partial charge >= 0.3 is 12.0 Å². The molecule has 2 aromatic rings. The van der Waals surface area contributed by atoms with Gasteiger partial charge < -0.3 is 29.3 Å². The molecule has 234 valence electrons. The molecule has 5 rings (SSSR count). The van der Waals surface area contributed by atoms with Gasteiger partial charge in [-0.25, -0.2) is 4.79 Å². The van der Waals surface area contributed by atoms with E-state index in [1.54, 1.807) is 4.90 Å². The van der Waals surface area contributed by atoms with Gasteiger partial charge in [0.1, 0.15) is 0 Å². The van der Waals surface area contributed by atoms with Crippen molar-refractivity contribution in [3.8, 4) is 11.5 Å². The topological polar surface area (TPSA) is 103 Å². The first kappa shape index (κ1) is 32.1. The number of carboxylic acid groups (broad SMARTS) is 1. The predicted molar refractivity (Wildman–Crippen MR) is 166 cm³/mol. The summed E-state index contributed by atoms with van der Waals surface area (Å²) >= 11 is 0. The van der Waals surface area contributed by atoms with E-state index in [2.05, 4.69) is 6.92 Å². The molecule has 0 bridgehead atoms. The van der Waals surface area contributed by atoms with Crippen LogP contribution in [-0.4, -0.2) is 96.9 Å². The van der Waals surface area contributed by atoms with Crippen molar-refractivity contribution in [1.82, 2.24) is 14.7 Å². The number of carbonyl (C=O) groups excluding carboxylic acids is 2. The summed E-state index contributed by atoms with van der Waals surface area (Å²) in [6.07, 6.45) is 3.01. The lowest BCUT2D eigenvalue weighted by Gasteiger charge is -2.32. The fraction of sp³-hybridized carbons (Fsp3) is 0.545. The second kappa shape index (κ2) is 14.6. The van der Waals surface area contributed by atoms with Crippen LogP contribution in [0.5, 0.6) is 11.5 Å². The molecule has 0 spiro atoms. The number of benzene rings is 2. The molecule has 10 heteroatoms. The Kier molecular flexibility index (Phi) is 10.9. The van der Waals surface area contributed by atoms with E-state index >= 15 is 0 Å². The maximum atomic E-state index is 13.4. The van der Waals surface area contributed by atoms with Gasteiger partial charge in [0.15, 0.2) is 11.5 Å². The van der Waals surface area contributed by atoms with Gasteiger partial charge in [-0.1, -0.05) is 31.5 Å². The van der Waals surface area contributed by atoms with Gasteiger partial charge in [-0.2, -0.15) is 0 Å². The lowest BCUT2D eigenvalue weighted by atomic mass is 9.85. The SMILES string of the molecule is CCCCN(C(=O)CN1C[C@H](c2ccc3c(c2)OCO3)[C@@H](C(=O)O)[C@@H]1C)c1cccc(C)c1.CCN1CCCN(C)C1=O. The van der Waals surface area contributed by atoms with E-state index in [-0.39, 0.29) is 37.2 Å². The highest BCUT2D eigenvalue weighted by Crippen LogP contribution is 2.41. The maximum Gasteiger partial charge on any atom is 0.319 e. The van der Waals surface area contributed by atoms with Crippen molar-refractivity contribution in [2.45, 2.75) is 58.9 Å². The van der Waals surface area contributed by atoms with Gasteiger partial charge in [0.25, 0.3) is 0 Å². The Labute approximate surface area is 255 Å². The number of fused-ring (bicyclic) bond motifs is 1. The number of aliphatic carboxylic acids is 1. The van der Waals surface area contributed by atoms with Gasteiger partial charge in [0.05, 0.1) is 12.5 Å². The molecule has 2 saturated heterocycles. The number of anilines is 1. The summed E-state index contributed by atoms with van der Waals surface area (Å²) in [6, 6.07) is 13.5. The van der Waals surface area contributed by atoms with Crippen molar-refractivity contribution < 1.29 is 29.0 Å². The third-order valence-corrected chi connectivity index (χ3v) is 8.66. The summed E-state index contributed by atoms with van der Waals surface area (Å²) in [4.78, 5) is 44.3. The highest BCUT2D eigenvalue weighted by Gasteiger charge is 2.45. The van der Waals surface area contributed by atoms with Gasteiger partial charge in [0.2, 0.25) is 12.7 Å². The van der Waals surface area contributed by atoms with Crippen LogP contribution in [0.2, 0.25) is 0 Å². The number of carbonyl (C=O) groups is 3. The number of aryl methyl sites for hydroxylation is 1. The lowest BCUT2D eigenvalue weighted by Crippen LogP contribution is -2.47. The number of amides is 3. The molecule has 10 nitrogen and oxygen atoms in total. The number of unbranched alkanes of at least 4 members (excludes halogenated alkanes) is 1. The van der Waals surface area contributed by atoms with Crippen LogP contribution in [0, 0.1) is 12.8 Å². The van der Waals surface area contributed by atoms with E-state index < -0.39 is 11.9 Å². The Morgan fingerprint density at radius 3 is 2.51 bits per heavy atom. The average molecular weight is 595 g/mol. The van der Waals surface area contributed by atoms with Crippen LogP contribution in [0.1, 0.15) is 57.1 Å². The summed E-state index contributed by atoms with van der Waals surface area (Å²) in [5, 5.41) is 10.0. The van der Waals surface area contributed by atoms with Crippen molar-refractivity contribution in [2.24, 2.45) is 5.92 Å². The first-order valence-corrected chi connectivity index (χ1v) is 15.4. The Balaban J connectivity index is 0.000000359. The number of ether oxygens (including phenoxy) is 2. The maximum absolute atomic E-state index is 13.4. The smallest absolute Gasteiger partial charge is 0.319 e. The second-order valence-electron chi connectivity index (χ2n) is 11.6. The number of nitrogens with zero attached hydrogens (tertiary/aromatic N) is 4. The molecule has 3 aliphatic rings. The molecule has 0 unspecified atom stereocenters. The van der Waals surface area contributed by atoms with Crippen LogP contribution >= 0.6 is 0 Å². The minimum absolute atomic E-state index is 0.00336. The number of rotatable bonds is 9. The number of carboxylic acids is 1. The average Bonchev–Trinajstić information content (AvgIpc) is 3.59. The summed E-state index contributed by atoms with van der Waals surface area (Å²) in [7, 11) is 1.85. The van der Waals surface area contributed by atoms with Gasteiger partial charge in [-0.3, -0.25) is 14.5 Å². The molecule has 3 aliphatic heterocycles. The standard InChI is InChI=1S/C26H32N2O5.C7H14N2O/c1-4-5-11-28(20-8-6-7-17(2)12-20)24(29)15-27-14-21(25(18(27)3)26(30)31)19-9-10-22-23(13-19)33-16-32-22;1-3-9-6-4-5-8(2)7(9)10/h6-10,12-13,18,21,25H,4-5,11,14-16H2,1-3H3,(H,30,31);3-6H2,1-2H3/t18-,21+,25-;/m0./s1. The lowest BCUT2D eigenvalue weighted by molar-refractivity contribution is -0.143. The Morgan fingerprint density at radius 1 is 1.07 bits per heavy atom. The monoisotopic (exact) mass is 594 g/mol. The molecular formula is C33H46N4O6. The quantitative estimate of drug-likeness (QED) is 0.445. The fourth-order valence-electron chi connectivity index (χ4n) is 6.13. The van der Waals surface area contributed by atoms with Crippen molar-refractivity contribution in [2.75, 3.05) is 58.0 Å². The summed E-state index contributed by atoms with van der Waals surface area (Å²) in [6.45, 7) is 12.2. The number of hydrogen-bond acceptors (Lipinski definition) is 6. The van der Waals surface area contributed by atoms with Crippen molar-refractivity contribution >= 4 is 23.6 Å². The molecule has 1 N–H and O–H groups in total. The molecule has 0 aliphatic carbocycles. The van der Waals surface area contributed by atoms with Crippen molar-refractivity contribution in [3.05, 3.63) is 53.6 Å². The van der Waals surface area contributed by atoms with E-state index in [1.165, 1.54) is 0 Å². The van der Waals surface area contributed by atoms with Crippen LogP contribution in [0.4, 0.5) is 10.5 Å². The summed E-state index contributed by atoms with van der Waals surface area (Å²) < 4.78 is 10.9. The molecule has 3 amide bonds. The fourth-order valence-corrected chi connectivity index (χ4v) is 6.13. The zero-order chi connectivity index (χ0) is 31.1. The minimum atomic E-state index is -0.846. The zero-order valence-electron chi connectivity index (χ0n) is 26.1. The highest BCUT2D eigenvalue weighted by molar-refractivity contribution is 5.95. The largest absolute Gasteiger partial charge is 0.481 e. The molecule has 0 radical (unpaired) electrons. The van der Waals surface area contributed by atoms with Crippen LogP contribution in [-0.2, 0) is 9.59 Å². The zero-order valence-corrected chi connectivity index (χ0v) is 26.1. The molecule has 2 aromatic carbocycles. The van der Waals surface area contributed by atoms with Gasteiger partial charge in [0, 0.05) is 57.4 Å². The molecule has 0 saturated carbocycles. The Bertz CT molecular complexity index is 1290. The normalized spacial score (nSPS) is 21.4. The van der Waals surface area contributed by atoms with E-state index in [1.807, 2.05) is 85.0 Å². The number of likely N-dealkylation sites (tertiary alicyclic amines) is 1. The predicted octanol–water partition coefficient (Wildman–Crippen LogP) is 4.81. The Hall–Kier alpha value is -3.79. The molecular weight excluding hydrogens is 548 g/mol. The van der Waals surface area contributed by atoms with Crippen molar-refractivity contribution in [3.63, 3.8) is 0 Å². The second-order valence-corrected chi connectivity index (χ2v) is 11.6. The molecule has 2 fully saturated rings. The Morgan fingerprint density at radius 2 is 1.84 bits per heavy atom. The minimum Gasteiger partial charge on any atom is -0.481 e. The molecule has 3 atom stereocenters. The van der Waals surface area contributed by atoms with Crippen LogP contribution in [0.25, 0.3) is 0 Å². The first-order valence-electron chi connectivity index (χ1n) is 15.4. The van der Waals surface area contributed by atoms with Gasteiger partial charge in [-0.05, 0) is 69.0 Å². The number of urea groups is 1. The summed E-state index contributed by atoms with van der Waals surface area (Å²) in [5.74, 6) is -0.375. The van der Waals surface area contributed by atoms with Crippen LogP contribution in [0.15, 0.2) is 42.5 Å². The third kappa shape index (κ3) is 7.60. The molecule has 0 aromatic heterocycles. The van der Waals surface area contributed by atoms with E-state index in [9.17, 15) is 19.5 Å². The van der Waals surface area contributed by atoms with Crippen LogP contribution < -0.4 is 14.4 Å². The van der Waals surface area contributed by atoms with E-state index in [0.717, 1.165) is 55.7 Å². The van der Waals surface area contributed by atoms with Gasteiger partial charge in [-0.15, -0.1) is 0 Å². The third-order valence-electron chi connectivity index (χ3n) is 8.66.